The Morgan fingerprint density at radius 1 is 1.58 bits per heavy atom. The molecular weight excluding hydrogens is 152 g/mol. The van der Waals surface area contributed by atoms with Crippen molar-refractivity contribution in [2.45, 2.75) is 25.8 Å². The van der Waals surface area contributed by atoms with Gasteiger partial charge in [0.25, 0.3) is 0 Å². The van der Waals surface area contributed by atoms with Crippen molar-refractivity contribution < 1.29 is 4.79 Å². The van der Waals surface area contributed by atoms with E-state index < -0.39 is 0 Å². The van der Waals surface area contributed by atoms with Gasteiger partial charge in [0.05, 0.1) is 0 Å². The number of hydrazine groups is 1. The van der Waals surface area contributed by atoms with E-state index in [0.717, 1.165) is 6.54 Å². The molecule has 1 rings (SSSR count). The SMILES string of the molecule is C=C(C)[C@@H]1CCCN1NC.C=O. The number of hydrogen-bond acceptors (Lipinski definition) is 3. The number of rotatable bonds is 2. The Balaban J connectivity index is 0.000000561. The van der Waals surface area contributed by atoms with E-state index >= 15 is 0 Å². The maximum Gasteiger partial charge on any atom is 0.106 e. The van der Waals surface area contributed by atoms with Crippen LogP contribution in [0.15, 0.2) is 12.2 Å². The van der Waals surface area contributed by atoms with Crippen molar-refractivity contribution in [3.8, 4) is 0 Å². The molecule has 1 N–H and O–H groups in total. The molecule has 0 unspecified atom stereocenters. The van der Waals surface area contributed by atoms with Gasteiger partial charge in [-0.05, 0) is 26.8 Å². The first-order valence-electron chi connectivity index (χ1n) is 4.14. The van der Waals surface area contributed by atoms with Gasteiger partial charge in [0.1, 0.15) is 6.79 Å². The minimum absolute atomic E-state index is 0.574. The quantitative estimate of drug-likeness (QED) is 0.627. The molecule has 3 nitrogen and oxygen atoms in total. The monoisotopic (exact) mass is 170 g/mol. The molecule has 70 valence electrons. The zero-order valence-electron chi connectivity index (χ0n) is 7.97. The lowest BCUT2D eigenvalue weighted by atomic mass is 10.1. The Morgan fingerprint density at radius 3 is 2.50 bits per heavy atom. The molecule has 1 atom stereocenters. The topological polar surface area (TPSA) is 32.3 Å². The third kappa shape index (κ3) is 2.75. The fourth-order valence-corrected chi connectivity index (χ4v) is 1.55. The largest absolute Gasteiger partial charge is 0.307 e. The van der Waals surface area contributed by atoms with Gasteiger partial charge in [-0.15, -0.1) is 0 Å². The molecule has 0 aliphatic carbocycles. The Hall–Kier alpha value is -0.670. The Labute approximate surface area is 74.4 Å². The molecule has 0 aromatic carbocycles. The van der Waals surface area contributed by atoms with Gasteiger partial charge in [0.15, 0.2) is 0 Å². The second-order valence-corrected chi connectivity index (χ2v) is 2.92. The predicted molar refractivity (Wildman–Crippen MR) is 50.7 cm³/mol. The van der Waals surface area contributed by atoms with Crippen molar-refractivity contribution in [2.24, 2.45) is 0 Å². The van der Waals surface area contributed by atoms with Crippen LogP contribution < -0.4 is 5.43 Å². The Kier molecular flexibility index (Phi) is 5.58. The molecule has 0 spiro atoms. The highest BCUT2D eigenvalue weighted by molar-refractivity contribution is 5.11. The van der Waals surface area contributed by atoms with Gasteiger partial charge in [-0.1, -0.05) is 12.2 Å². The highest BCUT2D eigenvalue weighted by Crippen LogP contribution is 2.19. The van der Waals surface area contributed by atoms with E-state index in [2.05, 4.69) is 23.9 Å². The minimum atomic E-state index is 0.574. The fraction of sp³-hybridized carbons (Fsp3) is 0.667. The van der Waals surface area contributed by atoms with Crippen LogP contribution in [-0.2, 0) is 4.79 Å². The van der Waals surface area contributed by atoms with E-state index in [1.807, 2.05) is 13.8 Å². The van der Waals surface area contributed by atoms with Crippen molar-refractivity contribution in [3.05, 3.63) is 12.2 Å². The lowest BCUT2D eigenvalue weighted by Crippen LogP contribution is -2.39. The number of carbonyl (C=O) groups is 1. The normalized spacial score (nSPS) is 23.0. The van der Waals surface area contributed by atoms with Crippen LogP contribution in [0, 0.1) is 0 Å². The minimum Gasteiger partial charge on any atom is -0.307 e. The van der Waals surface area contributed by atoms with Gasteiger partial charge in [-0.25, -0.2) is 5.01 Å². The highest BCUT2D eigenvalue weighted by atomic mass is 16.1. The molecule has 1 aliphatic rings. The molecule has 12 heavy (non-hydrogen) atoms. The number of nitrogens with zero attached hydrogens (tertiary/aromatic N) is 1. The Bertz CT molecular complexity index is 147. The van der Waals surface area contributed by atoms with E-state index in [1.54, 1.807) is 0 Å². The summed E-state index contributed by atoms with van der Waals surface area (Å²) in [7, 11) is 1.97. The van der Waals surface area contributed by atoms with Crippen LogP contribution in [0.25, 0.3) is 0 Å². The van der Waals surface area contributed by atoms with E-state index in [4.69, 9.17) is 4.79 Å². The standard InChI is InChI=1S/C8H16N2.CH2O/c1-7(2)8-5-4-6-10(8)9-3;1-2/h8-9H,1,4-6H2,2-3H3;1H2/t8-;/m0./s1. The number of hydrogen-bond donors (Lipinski definition) is 1. The van der Waals surface area contributed by atoms with Crippen LogP contribution in [0.4, 0.5) is 0 Å². The molecule has 3 heteroatoms. The molecule has 0 saturated carbocycles. The molecular formula is C9H18N2O. The molecule has 1 heterocycles. The summed E-state index contributed by atoms with van der Waals surface area (Å²) in [5.74, 6) is 0. The van der Waals surface area contributed by atoms with E-state index in [9.17, 15) is 0 Å². The van der Waals surface area contributed by atoms with Crippen LogP contribution >= 0.6 is 0 Å². The molecule has 1 aliphatic heterocycles. The third-order valence-corrected chi connectivity index (χ3v) is 2.11. The summed E-state index contributed by atoms with van der Waals surface area (Å²) in [6.45, 7) is 9.21. The first-order valence-corrected chi connectivity index (χ1v) is 4.14. The zero-order chi connectivity index (χ0) is 9.56. The summed E-state index contributed by atoms with van der Waals surface area (Å²) in [6, 6.07) is 0.574. The van der Waals surface area contributed by atoms with Gasteiger partial charge >= 0.3 is 0 Å². The van der Waals surface area contributed by atoms with Gasteiger partial charge in [-0.2, -0.15) is 0 Å². The van der Waals surface area contributed by atoms with E-state index in [0.29, 0.717) is 6.04 Å². The second-order valence-electron chi connectivity index (χ2n) is 2.92. The first kappa shape index (κ1) is 11.3. The number of nitrogens with one attached hydrogen (secondary N) is 1. The van der Waals surface area contributed by atoms with Crippen LogP contribution in [0.2, 0.25) is 0 Å². The van der Waals surface area contributed by atoms with E-state index in [1.165, 1.54) is 18.4 Å². The summed E-state index contributed by atoms with van der Waals surface area (Å²) < 4.78 is 0. The Morgan fingerprint density at radius 2 is 2.17 bits per heavy atom. The van der Waals surface area contributed by atoms with Gasteiger partial charge < -0.3 is 4.79 Å². The highest BCUT2D eigenvalue weighted by Gasteiger charge is 2.22. The lowest BCUT2D eigenvalue weighted by Gasteiger charge is -2.22. The second kappa shape index (κ2) is 5.91. The van der Waals surface area contributed by atoms with Crippen LogP contribution in [-0.4, -0.2) is 31.4 Å². The summed E-state index contributed by atoms with van der Waals surface area (Å²) in [5, 5.41) is 2.25. The zero-order valence-corrected chi connectivity index (χ0v) is 7.97. The van der Waals surface area contributed by atoms with Crippen molar-refractivity contribution in [1.82, 2.24) is 10.4 Å². The lowest BCUT2D eigenvalue weighted by molar-refractivity contribution is -0.0979. The fourth-order valence-electron chi connectivity index (χ4n) is 1.55. The van der Waals surface area contributed by atoms with E-state index in [-0.39, 0.29) is 0 Å². The maximum absolute atomic E-state index is 8.00. The average molecular weight is 170 g/mol. The summed E-state index contributed by atoms with van der Waals surface area (Å²) in [4.78, 5) is 8.00. The predicted octanol–water partition coefficient (Wildman–Crippen LogP) is 0.976. The van der Waals surface area contributed by atoms with Gasteiger partial charge in [-0.3, -0.25) is 5.43 Å². The molecule has 0 aromatic rings. The van der Waals surface area contributed by atoms with Crippen molar-refractivity contribution in [2.75, 3.05) is 13.6 Å². The van der Waals surface area contributed by atoms with Crippen LogP contribution in [0.5, 0.6) is 0 Å². The van der Waals surface area contributed by atoms with Crippen LogP contribution in [0.3, 0.4) is 0 Å². The molecule has 0 bridgehead atoms. The smallest absolute Gasteiger partial charge is 0.106 e. The van der Waals surface area contributed by atoms with Gasteiger partial charge in [0.2, 0.25) is 0 Å². The number of carbonyl (C=O) groups excluding carboxylic acids is 1. The van der Waals surface area contributed by atoms with Crippen LogP contribution in [0.1, 0.15) is 19.8 Å². The van der Waals surface area contributed by atoms with Crippen molar-refractivity contribution in [3.63, 3.8) is 0 Å². The first-order chi connectivity index (χ1) is 5.75. The molecule has 0 radical (unpaired) electrons. The van der Waals surface area contributed by atoms with Gasteiger partial charge in [0, 0.05) is 12.6 Å². The van der Waals surface area contributed by atoms with Crippen molar-refractivity contribution in [1.29, 1.82) is 0 Å². The maximum atomic E-state index is 8.00. The third-order valence-electron chi connectivity index (χ3n) is 2.11. The summed E-state index contributed by atoms with van der Waals surface area (Å²) in [6.07, 6.45) is 2.55. The molecule has 1 saturated heterocycles. The molecule has 1 fully saturated rings. The van der Waals surface area contributed by atoms with Crippen molar-refractivity contribution >= 4 is 6.79 Å². The average Bonchev–Trinajstić information content (AvgIpc) is 2.55. The summed E-state index contributed by atoms with van der Waals surface area (Å²) >= 11 is 0. The molecule has 0 amide bonds. The summed E-state index contributed by atoms with van der Waals surface area (Å²) in [5.41, 5.74) is 4.44. The molecule has 0 aromatic heterocycles.